The maximum absolute atomic E-state index is 5.86. The minimum atomic E-state index is 0.477. The Hall–Kier alpha value is -0.800. The molecular weight excluding hydrogens is 212 g/mol. The molecule has 3 rings (SSSR count). The number of rotatable bonds is 3. The summed E-state index contributed by atoms with van der Waals surface area (Å²) < 4.78 is 8.12. The Morgan fingerprint density at radius 3 is 2.76 bits per heavy atom. The fourth-order valence-electron chi connectivity index (χ4n) is 3.21. The van der Waals surface area contributed by atoms with Gasteiger partial charge in [-0.1, -0.05) is 0 Å². The molecule has 1 aromatic heterocycles. The van der Waals surface area contributed by atoms with Gasteiger partial charge in [0.15, 0.2) is 0 Å². The average Bonchev–Trinajstić information content (AvgIpc) is 2.98. The van der Waals surface area contributed by atoms with Crippen LogP contribution in [-0.2, 0) is 18.3 Å². The monoisotopic (exact) mass is 234 g/mol. The normalized spacial score (nSPS) is 31.4. The molecule has 3 atom stereocenters. The van der Waals surface area contributed by atoms with E-state index in [-0.39, 0.29) is 0 Å². The molecule has 0 spiro atoms. The molecule has 2 aliphatic heterocycles. The van der Waals surface area contributed by atoms with Gasteiger partial charge in [0.1, 0.15) is 0 Å². The Kier molecular flexibility index (Phi) is 2.75. The number of aryl methyl sites for hydroxylation is 1. The van der Waals surface area contributed by atoms with Crippen LogP contribution >= 0.6 is 0 Å². The van der Waals surface area contributed by atoms with Crippen LogP contribution in [0.2, 0.25) is 0 Å². The Morgan fingerprint density at radius 1 is 1.41 bits per heavy atom. The molecule has 1 N–H and O–H groups in total. The van der Waals surface area contributed by atoms with Gasteiger partial charge in [-0.15, -0.1) is 0 Å². The molecule has 0 radical (unpaired) electrons. The number of aromatic nitrogens is 1. The minimum absolute atomic E-state index is 0.477. The SMILES string of the molecule is Cc1cc(CNC2CC3CCC2O3)c(C)n1C. The standard InChI is InChI=1S/C14H22N2O/c1-9-6-11(10(2)16(9)3)8-15-13-7-12-4-5-14(13)17-12/h6,12-15H,4-5,7-8H2,1-3H3. The third kappa shape index (κ3) is 1.91. The van der Waals surface area contributed by atoms with Crippen LogP contribution in [0.15, 0.2) is 6.07 Å². The van der Waals surface area contributed by atoms with Crippen molar-refractivity contribution in [1.29, 1.82) is 0 Å². The van der Waals surface area contributed by atoms with Gasteiger partial charge in [-0.05, 0) is 44.7 Å². The molecule has 3 heteroatoms. The van der Waals surface area contributed by atoms with Crippen LogP contribution in [0.4, 0.5) is 0 Å². The van der Waals surface area contributed by atoms with Crippen LogP contribution in [0, 0.1) is 13.8 Å². The predicted molar refractivity (Wildman–Crippen MR) is 68.0 cm³/mol. The van der Waals surface area contributed by atoms with E-state index in [0.717, 1.165) is 6.54 Å². The van der Waals surface area contributed by atoms with E-state index in [9.17, 15) is 0 Å². The average molecular weight is 234 g/mol. The molecule has 3 heterocycles. The molecule has 0 aliphatic carbocycles. The van der Waals surface area contributed by atoms with Crippen molar-refractivity contribution in [1.82, 2.24) is 9.88 Å². The van der Waals surface area contributed by atoms with E-state index in [2.05, 4.69) is 36.8 Å². The van der Waals surface area contributed by atoms with E-state index >= 15 is 0 Å². The first kappa shape index (κ1) is 11.3. The smallest absolute Gasteiger partial charge is 0.0733 e. The highest BCUT2D eigenvalue weighted by atomic mass is 16.5. The van der Waals surface area contributed by atoms with Gasteiger partial charge in [-0.25, -0.2) is 0 Å². The van der Waals surface area contributed by atoms with Gasteiger partial charge in [-0.3, -0.25) is 0 Å². The molecule has 2 fully saturated rings. The zero-order valence-corrected chi connectivity index (χ0v) is 11.0. The van der Waals surface area contributed by atoms with E-state index in [1.54, 1.807) is 0 Å². The Balaban J connectivity index is 1.62. The molecule has 0 aromatic carbocycles. The second-order valence-electron chi connectivity index (χ2n) is 5.55. The van der Waals surface area contributed by atoms with Crippen molar-refractivity contribution in [3.8, 4) is 0 Å². The van der Waals surface area contributed by atoms with Crippen molar-refractivity contribution in [2.75, 3.05) is 0 Å². The van der Waals surface area contributed by atoms with Gasteiger partial charge >= 0.3 is 0 Å². The summed E-state index contributed by atoms with van der Waals surface area (Å²) in [6.45, 7) is 5.34. The third-order valence-electron chi connectivity index (χ3n) is 4.54. The van der Waals surface area contributed by atoms with Gasteiger partial charge in [0.05, 0.1) is 12.2 Å². The number of hydrogen-bond donors (Lipinski definition) is 1. The fourth-order valence-corrected chi connectivity index (χ4v) is 3.21. The number of nitrogens with zero attached hydrogens (tertiary/aromatic N) is 1. The molecule has 17 heavy (non-hydrogen) atoms. The van der Waals surface area contributed by atoms with Crippen LogP contribution in [0.5, 0.6) is 0 Å². The molecule has 3 unspecified atom stereocenters. The van der Waals surface area contributed by atoms with Crippen LogP contribution in [0.25, 0.3) is 0 Å². The zero-order valence-electron chi connectivity index (χ0n) is 11.0. The maximum atomic E-state index is 5.86. The molecule has 2 bridgehead atoms. The minimum Gasteiger partial charge on any atom is -0.373 e. The Bertz CT molecular complexity index is 424. The molecular formula is C14H22N2O. The molecule has 1 aromatic rings. The summed E-state index contributed by atoms with van der Waals surface area (Å²) in [6.07, 6.45) is 4.73. The molecule has 2 saturated heterocycles. The summed E-state index contributed by atoms with van der Waals surface area (Å²) in [7, 11) is 2.13. The van der Waals surface area contributed by atoms with Gasteiger partial charge in [0.2, 0.25) is 0 Å². The first-order valence-electron chi connectivity index (χ1n) is 6.66. The first-order valence-corrected chi connectivity index (χ1v) is 6.66. The summed E-state index contributed by atoms with van der Waals surface area (Å²) in [5.74, 6) is 0. The van der Waals surface area contributed by atoms with Crippen molar-refractivity contribution in [2.45, 2.75) is 57.9 Å². The fraction of sp³-hybridized carbons (Fsp3) is 0.714. The summed E-state index contributed by atoms with van der Waals surface area (Å²) in [4.78, 5) is 0. The summed E-state index contributed by atoms with van der Waals surface area (Å²) in [6, 6.07) is 2.87. The van der Waals surface area contributed by atoms with Crippen molar-refractivity contribution >= 4 is 0 Å². The van der Waals surface area contributed by atoms with Gasteiger partial charge in [-0.2, -0.15) is 0 Å². The van der Waals surface area contributed by atoms with E-state index < -0.39 is 0 Å². The molecule has 0 amide bonds. The molecule has 3 nitrogen and oxygen atoms in total. The highest BCUT2D eigenvalue weighted by Crippen LogP contribution is 2.34. The Labute approximate surface area is 103 Å². The molecule has 94 valence electrons. The lowest BCUT2D eigenvalue weighted by molar-refractivity contribution is 0.0973. The maximum Gasteiger partial charge on any atom is 0.0733 e. The van der Waals surface area contributed by atoms with E-state index in [1.807, 2.05) is 0 Å². The summed E-state index contributed by atoms with van der Waals surface area (Å²) >= 11 is 0. The topological polar surface area (TPSA) is 26.2 Å². The quantitative estimate of drug-likeness (QED) is 0.866. The number of hydrogen-bond acceptors (Lipinski definition) is 2. The first-order chi connectivity index (χ1) is 8.15. The highest BCUT2D eigenvalue weighted by Gasteiger charge is 2.40. The van der Waals surface area contributed by atoms with Gasteiger partial charge in [0.25, 0.3) is 0 Å². The third-order valence-corrected chi connectivity index (χ3v) is 4.54. The van der Waals surface area contributed by atoms with Crippen LogP contribution in [0.3, 0.4) is 0 Å². The van der Waals surface area contributed by atoms with Crippen molar-refractivity contribution in [2.24, 2.45) is 7.05 Å². The summed E-state index contributed by atoms with van der Waals surface area (Å²) in [5.41, 5.74) is 4.13. The molecule has 2 aliphatic rings. The van der Waals surface area contributed by atoms with Gasteiger partial charge in [0, 0.05) is 31.0 Å². The summed E-state index contributed by atoms with van der Waals surface area (Å²) in [5, 5.41) is 3.67. The van der Waals surface area contributed by atoms with Crippen LogP contribution in [0.1, 0.15) is 36.2 Å². The van der Waals surface area contributed by atoms with Crippen molar-refractivity contribution < 1.29 is 4.74 Å². The zero-order chi connectivity index (χ0) is 12.0. The molecule has 0 saturated carbocycles. The number of fused-ring (bicyclic) bond motifs is 2. The van der Waals surface area contributed by atoms with Crippen molar-refractivity contribution in [3.05, 3.63) is 23.0 Å². The van der Waals surface area contributed by atoms with Crippen molar-refractivity contribution in [3.63, 3.8) is 0 Å². The second kappa shape index (κ2) is 4.14. The lowest BCUT2D eigenvalue weighted by Gasteiger charge is -2.20. The largest absolute Gasteiger partial charge is 0.373 e. The lowest BCUT2D eigenvalue weighted by Crippen LogP contribution is -2.37. The Morgan fingerprint density at radius 2 is 2.24 bits per heavy atom. The lowest BCUT2D eigenvalue weighted by atomic mass is 9.95. The highest BCUT2D eigenvalue weighted by molar-refractivity contribution is 5.26. The number of nitrogens with one attached hydrogen (secondary N) is 1. The van der Waals surface area contributed by atoms with E-state index in [0.29, 0.717) is 18.2 Å². The van der Waals surface area contributed by atoms with Crippen LogP contribution in [-0.4, -0.2) is 22.8 Å². The predicted octanol–water partition coefficient (Wildman–Crippen LogP) is 2.05. The van der Waals surface area contributed by atoms with E-state index in [4.69, 9.17) is 4.74 Å². The van der Waals surface area contributed by atoms with Gasteiger partial charge < -0.3 is 14.6 Å². The second-order valence-corrected chi connectivity index (χ2v) is 5.55. The van der Waals surface area contributed by atoms with E-state index in [1.165, 1.54) is 36.2 Å². The number of ether oxygens (including phenoxy) is 1. The van der Waals surface area contributed by atoms with Crippen LogP contribution < -0.4 is 5.32 Å².